The lowest BCUT2D eigenvalue weighted by molar-refractivity contribution is -0.115. The Morgan fingerprint density at radius 1 is 1.21 bits per heavy atom. The topological polar surface area (TPSA) is 89.0 Å². The number of halogens is 2. The standard InChI is InChI=1S/C18H15BrFN3O3S2/c1-11-5-7-12(8-6-11)10-28(25,26)18-22-17(27-23-18)21-15(24)9-13-3-2-4-14(19)16(13)20/h2-8H,9-10H2,1H3,(H,21,22,23,24). The van der Waals surface area contributed by atoms with Gasteiger partial charge in [-0.05, 0) is 40.0 Å². The van der Waals surface area contributed by atoms with Gasteiger partial charge in [0.15, 0.2) is 0 Å². The zero-order valence-corrected chi connectivity index (χ0v) is 17.9. The number of nitrogens with zero attached hydrogens (tertiary/aromatic N) is 2. The highest BCUT2D eigenvalue weighted by Crippen LogP contribution is 2.21. The number of aryl methyl sites for hydroxylation is 1. The van der Waals surface area contributed by atoms with Crippen molar-refractivity contribution in [1.82, 2.24) is 9.36 Å². The smallest absolute Gasteiger partial charge is 0.261 e. The second-order valence-electron chi connectivity index (χ2n) is 6.06. The second-order valence-corrected chi connectivity index (χ2v) is 9.55. The van der Waals surface area contributed by atoms with Crippen LogP contribution < -0.4 is 5.32 Å². The molecule has 146 valence electrons. The molecule has 0 bridgehead atoms. The summed E-state index contributed by atoms with van der Waals surface area (Å²) in [5, 5.41) is 2.16. The van der Waals surface area contributed by atoms with Crippen LogP contribution >= 0.6 is 27.5 Å². The Bertz CT molecular complexity index is 1120. The number of carbonyl (C=O) groups is 1. The van der Waals surface area contributed by atoms with E-state index in [0.29, 0.717) is 5.56 Å². The maximum atomic E-state index is 14.0. The summed E-state index contributed by atoms with van der Waals surface area (Å²) in [4.78, 5) is 16.0. The van der Waals surface area contributed by atoms with E-state index in [0.717, 1.165) is 17.1 Å². The quantitative estimate of drug-likeness (QED) is 0.574. The van der Waals surface area contributed by atoms with Gasteiger partial charge in [0.1, 0.15) is 5.82 Å². The molecule has 0 spiro atoms. The molecule has 1 N–H and O–H groups in total. The van der Waals surface area contributed by atoms with Crippen molar-refractivity contribution in [2.45, 2.75) is 24.3 Å². The first-order valence-electron chi connectivity index (χ1n) is 8.09. The van der Waals surface area contributed by atoms with Crippen molar-refractivity contribution in [3.05, 3.63) is 69.4 Å². The zero-order valence-electron chi connectivity index (χ0n) is 14.6. The van der Waals surface area contributed by atoms with Gasteiger partial charge in [0.05, 0.1) is 16.6 Å². The summed E-state index contributed by atoms with van der Waals surface area (Å²) in [7, 11) is -3.74. The Kier molecular flexibility index (Phi) is 6.21. The molecule has 28 heavy (non-hydrogen) atoms. The van der Waals surface area contributed by atoms with Crippen molar-refractivity contribution < 1.29 is 17.6 Å². The van der Waals surface area contributed by atoms with Crippen molar-refractivity contribution in [2.75, 3.05) is 5.32 Å². The van der Waals surface area contributed by atoms with Gasteiger partial charge in [-0.15, -0.1) is 0 Å². The van der Waals surface area contributed by atoms with Crippen LogP contribution in [0.5, 0.6) is 0 Å². The van der Waals surface area contributed by atoms with E-state index in [-0.39, 0.29) is 32.5 Å². The van der Waals surface area contributed by atoms with Gasteiger partial charge in [-0.2, -0.15) is 9.36 Å². The van der Waals surface area contributed by atoms with Crippen molar-refractivity contribution in [3.63, 3.8) is 0 Å². The number of anilines is 1. The summed E-state index contributed by atoms with van der Waals surface area (Å²) in [6.07, 6.45) is -0.212. The third-order valence-corrected chi connectivity index (χ3v) is 6.60. The van der Waals surface area contributed by atoms with Crippen LogP contribution in [0.4, 0.5) is 9.52 Å². The van der Waals surface area contributed by atoms with Crippen LogP contribution in [-0.4, -0.2) is 23.7 Å². The monoisotopic (exact) mass is 483 g/mol. The predicted octanol–water partition coefficient (Wildman–Crippen LogP) is 3.90. The normalized spacial score (nSPS) is 11.4. The van der Waals surface area contributed by atoms with Gasteiger partial charge in [-0.1, -0.05) is 42.0 Å². The van der Waals surface area contributed by atoms with Crippen LogP contribution in [0.1, 0.15) is 16.7 Å². The van der Waals surface area contributed by atoms with E-state index in [1.165, 1.54) is 12.1 Å². The lowest BCUT2D eigenvalue weighted by Crippen LogP contribution is -2.15. The van der Waals surface area contributed by atoms with E-state index >= 15 is 0 Å². The van der Waals surface area contributed by atoms with Crippen LogP contribution in [-0.2, 0) is 26.8 Å². The fourth-order valence-corrected chi connectivity index (χ4v) is 4.89. The molecule has 0 radical (unpaired) electrons. The average molecular weight is 484 g/mol. The predicted molar refractivity (Wildman–Crippen MR) is 108 cm³/mol. The Balaban J connectivity index is 1.68. The van der Waals surface area contributed by atoms with Gasteiger partial charge in [-0.25, -0.2) is 12.8 Å². The molecule has 2 aromatic carbocycles. The number of nitrogens with one attached hydrogen (secondary N) is 1. The molecular formula is C18H15BrFN3O3S2. The number of carbonyl (C=O) groups excluding carboxylic acids is 1. The Morgan fingerprint density at radius 3 is 2.64 bits per heavy atom. The fraction of sp³-hybridized carbons (Fsp3) is 0.167. The number of sulfone groups is 1. The maximum Gasteiger partial charge on any atom is 0.261 e. The van der Waals surface area contributed by atoms with E-state index in [4.69, 9.17) is 0 Å². The Hall–Kier alpha value is -2.17. The summed E-state index contributed by atoms with van der Waals surface area (Å²) in [6.45, 7) is 1.91. The molecule has 0 saturated heterocycles. The summed E-state index contributed by atoms with van der Waals surface area (Å²) in [5.41, 5.74) is 1.86. The summed E-state index contributed by atoms with van der Waals surface area (Å²) >= 11 is 3.83. The highest BCUT2D eigenvalue weighted by atomic mass is 79.9. The van der Waals surface area contributed by atoms with E-state index in [1.54, 1.807) is 18.2 Å². The molecule has 1 aromatic heterocycles. The van der Waals surface area contributed by atoms with Crippen LogP contribution in [0.25, 0.3) is 0 Å². The molecule has 3 aromatic rings. The number of hydrogen-bond acceptors (Lipinski definition) is 6. The van der Waals surface area contributed by atoms with Crippen molar-refractivity contribution in [1.29, 1.82) is 0 Å². The SMILES string of the molecule is Cc1ccc(CS(=O)(=O)c2nsc(NC(=O)Cc3cccc(Br)c3F)n2)cc1. The molecule has 0 saturated carbocycles. The largest absolute Gasteiger partial charge is 0.300 e. The van der Waals surface area contributed by atoms with Crippen LogP contribution in [0.15, 0.2) is 52.1 Å². The first kappa shape index (κ1) is 20.6. The minimum Gasteiger partial charge on any atom is -0.300 e. The third-order valence-electron chi connectivity index (χ3n) is 3.79. The van der Waals surface area contributed by atoms with Gasteiger partial charge in [0.2, 0.25) is 20.9 Å². The lowest BCUT2D eigenvalue weighted by atomic mass is 10.1. The molecule has 6 nitrogen and oxygen atoms in total. The van der Waals surface area contributed by atoms with Crippen LogP contribution in [0.3, 0.4) is 0 Å². The highest BCUT2D eigenvalue weighted by molar-refractivity contribution is 9.10. The lowest BCUT2D eigenvalue weighted by Gasteiger charge is -2.04. The van der Waals surface area contributed by atoms with E-state index in [9.17, 15) is 17.6 Å². The number of rotatable bonds is 6. The van der Waals surface area contributed by atoms with Gasteiger partial charge in [0, 0.05) is 11.5 Å². The molecule has 3 rings (SSSR count). The summed E-state index contributed by atoms with van der Waals surface area (Å²) in [6, 6.07) is 11.8. The number of aromatic nitrogens is 2. The minimum atomic E-state index is -3.74. The molecule has 0 atom stereocenters. The summed E-state index contributed by atoms with van der Waals surface area (Å²) in [5.74, 6) is -1.27. The fourth-order valence-electron chi connectivity index (χ4n) is 2.38. The zero-order chi connectivity index (χ0) is 20.3. The maximum absolute atomic E-state index is 14.0. The third kappa shape index (κ3) is 5.00. The average Bonchev–Trinajstić information content (AvgIpc) is 3.10. The van der Waals surface area contributed by atoms with Crippen LogP contribution in [0.2, 0.25) is 0 Å². The first-order valence-corrected chi connectivity index (χ1v) is 11.3. The molecule has 0 fully saturated rings. The molecule has 0 aliphatic carbocycles. The van der Waals surface area contributed by atoms with Crippen molar-refractivity contribution in [2.24, 2.45) is 0 Å². The van der Waals surface area contributed by atoms with Gasteiger partial charge >= 0.3 is 0 Å². The first-order chi connectivity index (χ1) is 13.2. The highest BCUT2D eigenvalue weighted by Gasteiger charge is 2.22. The Labute approximate surface area is 174 Å². The molecule has 0 unspecified atom stereocenters. The Morgan fingerprint density at radius 2 is 1.93 bits per heavy atom. The number of hydrogen-bond donors (Lipinski definition) is 1. The van der Waals surface area contributed by atoms with Crippen molar-refractivity contribution >= 4 is 48.3 Å². The van der Waals surface area contributed by atoms with Crippen molar-refractivity contribution in [3.8, 4) is 0 Å². The second kappa shape index (κ2) is 8.46. The summed E-state index contributed by atoms with van der Waals surface area (Å²) < 4.78 is 43.0. The minimum absolute atomic E-state index is 0.0443. The van der Waals surface area contributed by atoms with E-state index in [1.807, 2.05) is 19.1 Å². The van der Waals surface area contributed by atoms with Gasteiger partial charge < -0.3 is 5.32 Å². The molecule has 1 heterocycles. The number of amides is 1. The molecule has 0 aliphatic heterocycles. The van der Waals surface area contributed by atoms with Gasteiger partial charge in [0.25, 0.3) is 5.16 Å². The number of benzene rings is 2. The molecule has 1 amide bonds. The molecular weight excluding hydrogens is 469 g/mol. The van der Waals surface area contributed by atoms with E-state index < -0.39 is 21.6 Å². The van der Waals surface area contributed by atoms with Crippen LogP contribution in [0, 0.1) is 12.7 Å². The molecule has 10 heteroatoms. The van der Waals surface area contributed by atoms with E-state index in [2.05, 4.69) is 30.6 Å². The van der Waals surface area contributed by atoms with Gasteiger partial charge in [-0.3, -0.25) is 4.79 Å². The molecule has 0 aliphatic rings.